The second-order valence-electron chi connectivity index (χ2n) is 2.92. The maximum Gasteiger partial charge on any atom is 0.259 e. The molecule has 0 amide bonds. The third-order valence-electron chi connectivity index (χ3n) is 1.82. The molecule has 0 heterocycles. The monoisotopic (exact) mass is 278 g/mol. The second kappa shape index (κ2) is 6.98. The van der Waals surface area contributed by atoms with Crippen LogP contribution in [-0.4, -0.2) is 24.8 Å². The number of carbonyl (C=O) groups excluding carboxylic acids is 1. The Morgan fingerprint density at radius 1 is 1.47 bits per heavy atom. The molecule has 0 aromatic heterocycles. The normalized spacial score (nSPS) is 9.06. The van der Waals surface area contributed by atoms with Gasteiger partial charge in [0.25, 0.3) is 5.24 Å². The molecule has 7 heteroatoms. The average molecular weight is 279 g/mol. The molecule has 0 fully saturated rings. The summed E-state index contributed by atoms with van der Waals surface area (Å²) in [5, 5.41) is 6.65. The molecule has 0 aliphatic carbocycles. The number of nitrogens with two attached hydrogens (primary N) is 1. The number of benzene rings is 1. The number of rotatable bonds is 5. The molecule has 0 bridgehead atoms. The smallest absolute Gasteiger partial charge is 0.259 e. The Kier molecular flexibility index (Phi) is 6.38. The van der Waals surface area contributed by atoms with E-state index in [1.165, 1.54) is 7.11 Å². The molecule has 0 spiro atoms. The van der Waals surface area contributed by atoms with Crippen molar-refractivity contribution in [3.8, 4) is 11.5 Å². The quantitative estimate of drug-likeness (QED) is 0.486. The van der Waals surface area contributed by atoms with E-state index in [-0.39, 0.29) is 24.8 Å². The lowest BCUT2D eigenvalue weighted by atomic mass is 10.2. The van der Waals surface area contributed by atoms with Crippen LogP contribution in [-0.2, 0) is 4.79 Å². The Labute approximate surface area is 110 Å². The minimum atomic E-state index is -0.599. The van der Waals surface area contributed by atoms with Gasteiger partial charge in [-0.05, 0) is 29.8 Å². The molecule has 1 aromatic rings. The number of nitrogen functional groups attached to an aromatic ring is 1. The third kappa shape index (κ3) is 4.50. The molecular weight excluding hydrogens is 267 g/mol. The largest absolute Gasteiger partial charge is 0.493 e. The van der Waals surface area contributed by atoms with Gasteiger partial charge in [-0.15, -0.1) is 12.4 Å². The number of nitrogens with one attached hydrogen (secondary N) is 1. The number of ether oxygens (including phenoxy) is 2. The molecule has 0 saturated heterocycles. The summed E-state index contributed by atoms with van der Waals surface area (Å²) < 4.78 is 10.1. The van der Waals surface area contributed by atoms with Gasteiger partial charge >= 0.3 is 0 Å². The van der Waals surface area contributed by atoms with E-state index in [4.69, 9.17) is 32.2 Å². The number of hydrogen-bond acceptors (Lipinski definition) is 4. The molecule has 0 radical (unpaired) electrons. The minimum absolute atomic E-state index is 0. The van der Waals surface area contributed by atoms with Crippen LogP contribution >= 0.6 is 24.0 Å². The topological polar surface area (TPSA) is 85.4 Å². The van der Waals surface area contributed by atoms with Crippen LogP contribution in [0.4, 0.5) is 0 Å². The van der Waals surface area contributed by atoms with Gasteiger partial charge in [0, 0.05) is 5.56 Å². The zero-order valence-corrected chi connectivity index (χ0v) is 10.6. The van der Waals surface area contributed by atoms with Crippen LogP contribution in [0.25, 0.3) is 0 Å². The number of halogens is 2. The van der Waals surface area contributed by atoms with Crippen molar-refractivity contribution in [2.45, 2.75) is 0 Å². The molecular formula is C10H12Cl2N2O3. The highest BCUT2D eigenvalue weighted by Gasteiger charge is 2.08. The fourth-order valence-corrected chi connectivity index (χ4v) is 1.14. The van der Waals surface area contributed by atoms with Crippen LogP contribution < -0.4 is 15.2 Å². The van der Waals surface area contributed by atoms with Crippen molar-refractivity contribution < 1.29 is 14.3 Å². The Hall–Kier alpha value is -1.46. The molecule has 1 rings (SSSR count). The Bertz CT molecular complexity index is 424. The standard InChI is InChI=1S/C10H11ClN2O3.ClH/c1-15-8-4-6(10(12)13)2-3-7(8)16-5-9(11)14;/h2-4H,5H2,1H3,(H3,12,13);1H. The first kappa shape index (κ1) is 15.5. The van der Waals surface area contributed by atoms with E-state index in [1.54, 1.807) is 18.2 Å². The van der Waals surface area contributed by atoms with Gasteiger partial charge in [-0.1, -0.05) is 0 Å². The minimum Gasteiger partial charge on any atom is -0.493 e. The first-order valence-electron chi connectivity index (χ1n) is 4.38. The van der Waals surface area contributed by atoms with Gasteiger partial charge < -0.3 is 15.2 Å². The zero-order valence-electron chi connectivity index (χ0n) is 9.03. The molecule has 17 heavy (non-hydrogen) atoms. The van der Waals surface area contributed by atoms with Crippen molar-refractivity contribution in [3.63, 3.8) is 0 Å². The van der Waals surface area contributed by atoms with Gasteiger partial charge in [0.2, 0.25) is 0 Å². The number of amidine groups is 1. The lowest BCUT2D eigenvalue weighted by Gasteiger charge is -2.10. The first-order chi connectivity index (χ1) is 7.54. The molecule has 0 atom stereocenters. The lowest BCUT2D eigenvalue weighted by Crippen LogP contribution is -2.11. The third-order valence-corrected chi connectivity index (χ3v) is 1.92. The Morgan fingerprint density at radius 3 is 2.59 bits per heavy atom. The number of carbonyl (C=O) groups is 1. The summed E-state index contributed by atoms with van der Waals surface area (Å²) in [7, 11) is 1.45. The summed E-state index contributed by atoms with van der Waals surface area (Å²) in [6.45, 7) is -0.239. The molecule has 5 nitrogen and oxygen atoms in total. The zero-order chi connectivity index (χ0) is 12.1. The van der Waals surface area contributed by atoms with Crippen LogP contribution in [0.2, 0.25) is 0 Å². The van der Waals surface area contributed by atoms with E-state index in [0.717, 1.165) is 0 Å². The van der Waals surface area contributed by atoms with Crippen LogP contribution in [0, 0.1) is 5.41 Å². The first-order valence-corrected chi connectivity index (χ1v) is 4.76. The Morgan fingerprint density at radius 2 is 2.12 bits per heavy atom. The van der Waals surface area contributed by atoms with Crippen molar-refractivity contribution >= 4 is 35.1 Å². The van der Waals surface area contributed by atoms with E-state index in [9.17, 15) is 4.79 Å². The van der Waals surface area contributed by atoms with Gasteiger partial charge in [-0.2, -0.15) is 0 Å². The van der Waals surface area contributed by atoms with Crippen molar-refractivity contribution in [1.29, 1.82) is 5.41 Å². The molecule has 0 saturated carbocycles. The highest BCUT2D eigenvalue weighted by Crippen LogP contribution is 2.27. The van der Waals surface area contributed by atoms with E-state index >= 15 is 0 Å². The second-order valence-corrected chi connectivity index (χ2v) is 3.34. The van der Waals surface area contributed by atoms with Gasteiger partial charge in [0.1, 0.15) is 5.84 Å². The summed E-state index contributed by atoms with van der Waals surface area (Å²) in [5.41, 5.74) is 5.84. The highest BCUT2D eigenvalue weighted by molar-refractivity contribution is 6.63. The average Bonchev–Trinajstić information content (AvgIpc) is 2.25. The lowest BCUT2D eigenvalue weighted by molar-refractivity contribution is -0.113. The molecule has 0 aliphatic rings. The summed E-state index contributed by atoms with van der Waals surface area (Å²) in [5.74, 6) is 0.699. The van der Waals surface area contributed by atoms with Gasteiger partial charge in [-0.25, -0.2) is 0 Å². The molecule has 0 unspecified atom stereocenters. The van der Waals surface area contributed by atoms with E-state index < -0.39 is 5.24 Å². The summed E-state index contributed by atoms with van der Waals surface area (Å²) >= 11 is 5.15. The molecule has 94 valence electrons. The maximum atomic E-state index is 10.5. The maximum absolute atomic E-state index is 10.5. The van der Waals surface area contributed by atoms with E-state index in [1.807, 2.05) is 0 Å². The SMILES string of the molecule is COc1cc(C(=N)N)ccc1OCC(=O)Cl.Cl. The van der Waals surface area contributed by atoms with Crippen LogP contribution in [0.15, 0.2) is 18.2 Å². The van der Waals surface area contributed by atoms with Crippen LogP contribution in [0.3, 0.4) is 0 Å². The Balaban J connectivity index is 0.00000256. The summed E-state index contributed by atoms with van der Waals surface area (Å²) in [6, 6.07) is 4.71. The van der Waals surface area contributed by atoms with Crippen molar-refractivity contribution in [2.75, 3.05) is 13.7 Å². The van der Waals surface area contributed by atoms with E-state index in [2.05, 4.69) is 0 Å². The molecule has 0 aliphatic heterocycles. The van der Waals surface area contributed by atoms with Crippen LogP contribution in [0.5, 0.6) is 11.5 Å². The number of hydrogen-bond donors (Lipinski definition) is 2. The fraction of sp³-hybridized carbons (Fsp3) is 0.200. The van der Waals surface area contributed by atoms with Gasteiger partial charge in [0.15, 0.2) is 18.1 Å². The van der Waals surface area contributed by atoms with Crippen molar-refractivity contribution in [3.05, 3.63) is 23.8 Å². The fourth-order valence-electron chi connectivity index (χ4n) is 1.09. The molecule has 1 aromatic carbocycles. The van der Waals surface area contributed by atoms with Gasteiger partial charge in [0.05, 0.1) is 7.11 Å². The predicted molar refractivity (Wildman–Crippen MR) is 67.6 cm³/mol. The van der Waals surface area contributed by atoms with Gasteiger partial charge in [-0.3, -0.25) is 10.2 Å². The molecule has 3 N–H and O–H groups in total. The van der Waals surface area contributed by atoms with E-state index in [0.29, 0.717) is 17.1 Å². The highest BCUT2D eigenvalue weighted by atomic mass is 35.5. The number of methoxy groups -OCH3 is 1. The summed E-state index contributed by atoms with van der Waals surface area (Å²) in [4.78, 5) is 10.5. The predicted octanol–water partition coefficient (Wildman–Crippen LogP) is 1.55. The van der Waals surface area contributed by atoms with Crippen molar-refractivity contribution in [1.82, 2.24) is 0 Å². The van der Waals surface area contributed by atoms with Crippen molar-refractivity contribution in [2.24, 2.45) is 5.73 Å². The summed E-state index contributed by atoms with van der Waals surface area (Å²) in [6.07, 6.45) is 0. The van der Waals surface area contributed by atoms with Crippen LogP contribution in [0.1, 0.15) is 5.56 Å².